The standard InChI is InChI=1S/C20H22F3N5O3S/c1-19(2)11-7-28(18(31)17-27-12(8-32-17)20(21,22)23)14(13(11)19)16(30)26-10(6-24)5-9-3-4-25-15(9)29/h8-11,13-14H,3-5,7H2,1-2H3,(H,25,29)(H,26,30)/t9-,10-,11-,13-,14-/m0/s1. The van der Waals surface area contributed by atoms with Gasteiger partial charge in [0.25, 0.3) is 5.91 Å². The Hall–Kier alpha value is -2.68. The summed E-state index contributed by atoms with van der Waals surface area (Å²) in [6.07, 6.45) is -3.93. The van der Waals surface area contributed by atoms with Crippen molar-refractivity contribution in [2.45, 2.75) is 44.9 Å². The van der Waals surface area contributed by atoms with Crippen LogP contribution in [0.3, 0.4) is 0 Å². The molecule has 1 aromatic rings. The van der Waals surface area contributed by atoms with Gasteiger partial charge in [-0.15, -0.1) is 11.3 Å². The zero-order valence-corrected chi connectivity index (χ0v) is 18.2. The minimum atomic E-state index is -4.66. The zero-order valence-electron chi connectivity index (χ0n) is 17.4. The fourth-order valence-electron chi connectivity index (χ4n) is 4.98. The predicted molar refractivity (Wildman–Crippen MR) is 106 cm³/mol. The Bertz CT molecular complexity index is 1000. The van der Waals surface area contributed by atoms with Gasteiger partial charge in [0.15, 0.2) is 10.7 Å². The number of thiazole rings is 1. The molecule has 3 amide bonds. The molecule has 0 bridgehead atoms. The van der Waals surface area contributed by atoms with E-state index in [4.69, 9.17) is 0 Å². The minimum absolute atomic E-state index is 0.0328. The Labute approximate surface area is 186 Å². The third-order valence-corrected chi connectivity index (χ3v) is 7.70. The van der Waals surface area contributed by atoms with Crippen LogP contribution in [0.4, 0.5) is 13.2 Å². The molecule has 2 saturated heterocycles. The van der Waals surface area contributed by atoms with Crippen LogP contribution < -0.4 is 10.6 Å². The normalized spacial score (nSPS) is 29.1. The van der Waals surface area contributed by atoms with Crippen LogP contribution in [-0.4, -0.2) is 52.8 Å². The molecule has 0 spiro atoms. The highest BCUT2D eigenvalue weighted by Crippen LogP contribution is 2.65. The molecule has 1 saturated carbocycles. The average molecular weight is 469 g/mol. The first-order valence-corrected chi connectivity index (χ1v) is 11.1. The fourth-order valence-corrected chi connectivity index (χ4v) is 5.75. The molecule has 0 aromatic carbocycles. The third kappa shape index (κ3) is 3.83. The molecule has 2 aliphatic heterocycles. The van der Waals surface area contributed by atoms with Crippen LogP contribution in [0, 0.1) is 34.5 Å². The van der Waals surface area contributed by atoms with E-state index in [-0.39, 0.29) is 47.0 Å². The lowest BCUT2D eigenvalue weighted by Crippen LogP contribution is -2.52. The first kappa shape index (κ1) is 22.5. The van der Waals surface area contributed by atoms with Crippen molar-refractivity contribution in [3.63, 3.8) is 0 Å². The zero-order chi connectivity index (χ0) is 23.4. The predicted octanol–water partition coefficient (Wildman–Crippen LogP) is 1.79. The summed E-state index contributed by atoms with van der Waals surface area (Å²) in [5.41, 5.74) is -1.34. The van der Waals surface area contributed by atoms with Crippen molar-refractivity contribution in [3.8, 4) is 6.07 Å². The van der Waals surface area contributed by atoms with Crippen molar-refractivity contribution < 1.29 is 27.6 Å². The van der Waals surface area contributed by atoms with E-state index in [1.807, 2.05) is 19.9 Å². The molecule has 4 rings (SSSR count). The maximum absolute atomic E-state index is 13.2. The number of aromatic nitrogens is 1. The van der Waals surface area contributed by atoms with Crippen molar-refractivity contribution in [2.24, 2.45) is 23.2 Å². The SMILES string of the molecule is CC1(C)[C@@H]2[C@@H](C(=O)N[C@H](C#N)C[C@@H]3CCNC3=O)N(C(=O)c3nc(C(F)(F)F)cs3)C[C@@H]21. The molecule has 3 aliphatic rings. The summed E-state index contributed by atoms with van der Waals surface area (Å²) in [6.45, 7) is 4.70. The molecule has 8 nitrogen and oxygen atoms in total. The molecule has 3 fully saturated rings. The van der Waals surface area contributed by atoms with Crippen molar-refractivity contribution in [3.05, 3.63) is 16.1 Å². The number of halogens is 3. The molecule has 3 heterocycles. The van der Waals surface area contributed by atoms with Gasteiger partial charge in [-0.3, -0.25) is 14.4 Å². The first-order valence-electron chi connectivity index (χ1n) is 10.3. The lowest BCUT2D eigenvalue weighted by atomic mass is 9.97. The van der Waals surface area contributed by atoms with E-state index < -0.39 is 35.8 Å². The van der Waals surface area contributed by atoms with Gasteiger partial charge in [0.1, 0.15) is 12.1 Å². The largest absolute Gasteiger partial charge is 0.434 e. The summed E-state index contributed by atoms with van der Waals surface area (Å²) in [7, 11) is 0. The van der Waals surface area contributed by atoms with Gasteiger partial charge in [0, 0.05) is 24.4 Å². The number of hydrogen-bond donors (Lipinski definition) is 2. The highest BCUT2D eigenvalue weighted by molar-refractivity contribution is 7.11. The lowest BCUT2D eigenvalue weighted by Gasteiger charge is -2.30. The van der Waals surface area contributed by atoms with Gasteiger partial charge in [-0.05, 0) is 30.1 Å². The number of carbonyl (C=O) groups is 3. The van der Waals surface area contributed by atoms with Crippen LogP contribution in [0.1, 0.15) is 42.2 Å². The van der Waals surface area contributed by atoms with E-state index in [0.717, 1.165) is 5.38 Å². The smallest absolute Gasteiger partial charge is 0.356 e. The van der Waals surface area contributed by atoms with Crippen LogP contribution in [0.25, 0.3) is 0 Å². The number of rotatable bonds is 5. The van der Waals surface area contributed by atoms with Crippen LogP contribution in [0.5, 0.6) is 0 Å². The Kier molecular flexibility index (Phi) is 5.43. The number of alkyl halides is 3. The van der Waals surface area contributed by atoms with Crippen LogP contribution >= 0.6 is 11.3 Å². The number of fused-ring (bicyclic) bond motifs is 1. The van der Waals surface area contributed by atoms with E-state index >= 15 is 0 Å². The van der Waals surface area contributed by atoms with Gasteiger partial charge in [-0.2, -0.15) is 18.4 Å². The highest BCUT2D eigenvalue weighted by atomic mass is 32.1. The summed E-state index contributed by atoms with van der Waals surface area (Å²) in [4.78, 5) is 42.6. The Morgan fingerprint density at radius 1 is 1.47 bits per heavy atom. The molecular weight excluding hydrogens is 447 g/mol. The Balaban J connectivity index is 1.51. The molecule has 5 atom stereocenters. The second-order valence-electron chi connectivity index (χ2n) is 9.09. The average Bonchev–Trinajstić information content (AvgIpc) is 3.26. The number of likely N-dealkylation sites (tertiary alicyclic amines) is 1. The van der Waals surface area contributed by atoms with Gasteiger partial charge in [-0.1, -0.05) is 13.8 Å². The van der Waals surface area contributed by atoms with Gasteiger partial charge in [0.05, 0.1) is 6.07 Å². The molecule has 12 heteroatoms. The summed E-state index contributed by atoms with van der Waals surface area (Å²) >= 11 is 0.590. The van der Waals surface area contributed by atoms with E-state index in [2.05, 4.69) is 15.6 Å². The minimum Gasteiger partial charge on any atom is -0.356 e. The maximum Gasteiger partial charge on any atom is 0.434 e. The quantitative estimate of drug-likeness (QED) is 0.682. The van der Waals surface area contributed by atoms with Crippen molar-refractivity contribution in [1.29, 1.82) is 5.26 Å². The van der Waals surface area contributed by atoms with E-state index in [1.54, 1.807) is 0 Å². The number of carbonyl (C=O) groups excluding carboxylic acids is 3. The first-order chi connectivity index (χ1) is 14.9. The summed E-state index contributed by atoms with van der Waals surface area (Å²) in [5.74, 6) is -1.92. The number of nitrogens with zero attached hydrogens (tertiary/aromatic N) is 3. The van der Waals surface area contributed by atoms with E-state index in [9.17, 15) is 32.8 Å². The van der Waals surface area contributed by atoms with Crippen molar-refractivity contribution in [1.82, 2.24) is 20.5 Å². The highest BCUT2D eigenvalue weighted by Gasteiger charge is 2.69. The molecule has 1 aliphatic carbocycles. The second kappa shape index (κ2) is 7.72. The molecule has 0 radical (unpaired) electrons. The van der Waals surface area contributed by atoms with Crippen LogP contribution in [0.15, 0.2) is 5.38 Å². The number of nitrogens with one attached hydrogen (secondary N) is 2. The Morgan fingerprint density at radius 3 is 2.75 bits per heavy atom. The molecule has 0 unspecified atom stereocenters. The van der Waals surface area contributed by atoms with Gasteiger partial charge in [0.2, 0.25) is 11.8 Å². The number of piperidine rings is 1. The third-order valence-electron chi connectivity index (χ3n) is 6.87. The molecule has 172 valence electrons. The molecule has 32 heavy (non-hydrogen) atoms. The van der Waals surface area contributed by atoms with Gasteiger partial charge in [-0.25, -0.2) is 4.98 Å². The van der Waals surface area contributed by atoms with E-state index in [1.165, 1.54) is 4.90 Å². The van der Waals surface area contributed by atoms with E-state index in [0.29, 0.717) is 24.3 Å². The van der Waals surface area contributed by atoms with Crippen LogP contribution in [-0.2, 0) is 15.8 Å². The molecule has 2 N–H and O–H groups in total. The Morgan fingerprint density at radius 2 is 2.19 bits per heavy atom. The molecule has 1 aromatic heterocycles. The van der Waals surface area contributed by atoms with Gasteiger partial charge < -0.3 is 15.5 Å². The number of hydrogen-bond acceptors (Lipinski definition) is 6. The topological polar surface area (TPSA) is 115 Å². The summed E-state index contributed by atoms with van der Waals surface area (Å²) in [6, 6.07) is 0.179. The lowest BCUT2D eigenvalue weighted by molar-refractivity contribution is -0.140. The van der Waals surface area contributed by atoms with Crippen LogP contribution in [0.2, 0.25) is 0 Å². The van der Waals surface area contributed by atoms with Gasteiger partial charge >= 0.3 is 6.18 Å². The maximum atomic E-state index is 13.2. The van der Waals surface area contributed by atoms with Crippen molar-refractivity contribution >= 4 is 29.1 Å². The number of nitriles is 1. The monoisotopic (exact) mass is 469 g/mol. The summed E-state index contributed by atoms with van der Waals surface area (Å²) < 4.78 is 38.7. The molecular formula is C20H22F3N5O3S. The summed E-state index contributed by atoms with van der Waals surface area (Å²) in [5, 5.41) is 15.3. The van der Waals surface area contributed by atoms with Crippen molar-refractivity contribution in [2.75, 3.05) is 13.1 Å². The fraction of sp³-hybridized carbons (Fsp3) is 0.650. The number of amides is 3. The second-order valence-corrected chi connectivity index (χ2v) is 9.95.